The predicted octanol–water partition coefficient (Wildman–Crippen LogP) is 3.22. The highest BCUT2D eigenvalue weighted by Crippen LogP contribution is 2.37. The molecule has 2 unspecified atom stereocenters. The summed E-state index contributed by atoms with van der Waals surface area (Å²) in [6.07, 6.45) is 5.07. The summed E-state index contributed by atoms with van der Waals surface area (Å²) < 4.78 is 5.90. The maximum atomic E-state index is 6.38. The largest absolute Gasteiger partial charge is 0.489 e. The molecule has 0 aromatic heterocycles. The molecule has 1 aromatic rings. The number of ether oxygens (including phenoxy) is 1. The highest BCUT2D eigenvalue weighted by Gasteiger charge is 2.30. The molecule has 20 heavy (non-hydrogen) atoms. The Labute approximate surface area is 126 Å². The zero-order valence-corrected chi connectivity index (χ0v) is 12.8. The molecule has 0 bridgehead atoms. The number of likely N-dealkylation sites (tertiary alicyclic amines) is 1. The third-order valence-electron chi connectivity index (χ3n) is 4.65. The van der Waals surface area contributed by atoms with Crippen molar-refractivity contribution in [2.45, 2.75) is 37.8 Å². The molecule has 0 radical (unpaired) electrons. The maximum absolute atomic E-state index is 6.38. The maximum Gasteiger partial charge on any atom is 0.138 e. The van der Waals surface area contributed by atoms with Gasteiger partial charge in [0.2, 0.25) is 0 Å². The fourth-order valence-corrected chi connectivity index (χ4v) is 3.39. The summed E-state index contributed by atoms with van der Waals surface area (Å²) in [5, 5.41) is 0.735. The van der Waals surface area contributed by atoms with Gasteiger partial charge in [-0.1, -0.05) is 17.7 Å². The summed E-state index contributed by atoms with van der Waals surface area (Å²) in [6, 6.07) is 6.67. The van der Waals surface area contributed by atoms with Crippen molar-refractivity contribution < 1.29 is 4.74 Å². The first-order valence-corrected chi connectivity index (χ1v) is 7.91. The molecule has 1 heterocycles. The molecule has 4 heteroatoms. The highest BCUT2D eigenvalue weighted by molar-refractivity contribution is 6.32. The van der Waals surface area contributed by atoms with Gasteiger partial charge in [-0.15, -0.1) is 0 Å². The van der Waals surface area contributed by atoms with Gasteiger partial charge in [0.05, 0.1) is 11.1 Å². The van der Waals surface area contributed by atoms with Gasteiger partial charge < -0.3 is 10.5 Å². The van der Waals surface area contributed by atoms with Crippen LogP contribution in [0, 0.1) is 5.92 Å². The molecular formula is C16H23ClN2O. The zero-order valence-electron chi connectivity index (χ0n) is 12.0. The summed E-state index contributed by atoms with van der Waals surface area (Å²) in [6.45, 7) is 1.83. The van der Waals surface area contributed by atoms with E-state index in [2.05, 4.69) is 24.1 Å². The van der Waals surface area contributed by atoms with Gasteiger partial charge in [0.25, 0.3) is 0 Å². The Hall–Kier alpha value is -0.770. The molecule has 3 nitrogen and oxygen atoms in total. The fourth-order valence-electron chi connectivity index (χ4n) is 3.15. The SMILES string of the molecule is CN1CC(CN)CC1c1ccc(OC2CCC2)c(Cl)c1. The summed E-state index contributed by atoms with van der Waals surface area (Å²) in [4.78, 5) is 2.37. The molecule has 110 valence electrons. The summed E-state index contributed by atoms with van der Waals surface area (Å²) in [7, 11) is 2.16. The van der Waals surface area contributed by atoms with E-state index >= 15 is 0 Å². The average Bonchev–Trinajstić information content (AvgIpc) is 2.76. The van der Waals surface area contributed by atoms with Crippen molar-refractivity contribution in [3.63, 3.8) is 0 Å². The average molecular weight is 295 g/mol. The Morgan fingerprint density at radius 3 is 2.75 bits per heavy atom. The van der Waals surface area contributed by atoms with E-state index in [4.69, 9.17) is 22.1 Å². The second kappa shape index (κ2) is 5.92. The van der Waals surface area contributed by atoms with Gasteiger partial charge >= 0.3 is 0 Å². The molecule has 1 aliphatic heterocycles. The third kappa shape index (κ3) is 2.80. The molecule has 1 saturated heterocycles. The van der Waals surface area contributed by atoms with Crippen molar-refractivity contribution in [3.05, 3.63) is 28.8 Å². The van der Waals surface area contributed by atoms with Gasteiger partial charge in [-0.2, -0.15) is 0 Å². The molecule has 1 aromatic carbocycles. The minimum Gasteiger partial charge on any atom is -0.489 e. The van der Waals surface area contributed by atoms with Gasteiger partial charge in [-0.3, -0.25) is 4.90 Å². The first-order chi connectivity index (χ1) is 9.67. The van der Waals surface area contributed by atoms with Crippen LogP contribution >= 0.6 is 11.6 Å². The molecule has 2 fully saturated rings. The van der Waals surface area contributed by atoms with Gasteiger partial charge in [0, 0.05) is 12.6 Å². The van der Waals surface area contributed by atoms with E-state index in [1.165, 1.54) is 12.0 Å². The Morgan fingerprint density at radius 1 is 1.40 bits per heavy atom. The number of hydrogen-bond acceptors (Lipinski definition) is 3. The number of nitrogens with zero attached hydrogens (tertiary/aromatic N) is 1. The monoisotopic (exact) mass is 294 g/mol. The minimum atomic E-state index is 0.370. The van der Waals surface area contributed by atoms with E-state index in [0.29, 0.717) is 18.1 Å². The lowest BCUT2D eigenvalue weighted by Gasteiger charge is -2.27. The second-order valence-corrected chi connectivity index (χ2v) is 6.56. The molecule has 2 N–H and O–H groups in total. The topological polar surface area (TPSA) is 38.5 Å². The van der Waals surface area contributed by atoms with Crippen LogP contribution in [-0.2, 0) is 0 Å². The van der Waals surface area contributed by atoms with Gasteiger partial charge in [0.1, 0.15) is 5.75 Å². The molecule has 2 aliphatic rings. The summed E-state index contributed by atoms with van der Waals surface area (Å²) in [5.74, 6) is 1.42. The normalized spacial score (nSPS) is 27.6. The molecule has 0 spiro atoms. The van der Waals surface area contributed by atoms with Crippen LogP contribution in [0.5, 0.6) is 5.75 Å². The molecule has 0 amide bonds. The van der Waals surface area contributed by atoms with E-state index in [1.807, 2.05) is 6.07 Å². The Balaban J connectivity index is 1.72. The van der Waals surface area contributed by atoms with E-state index in [9.17, 15) is 0 Å². The minimum absolute atomic E-state index is 0.370. The van der Waals surface area contributed by atoms with Crippen molar-refractivity contribution in [3.8, 4) is 5.75 Å². The van der Waals surface area contributed by atoms with Crippen LogP contribution in [0.2, 0.25) is 5.02 Å². The number of rotatable bonds is 4. The Morgan fingerprint density at radius 2 is 2.20 bits per heavy atom. The van der Waals surface area contributed by atoms with E-state index in [0.717, 1.165) is 43.1 Å². The quantitative estimate of drug-likeness (QED) is 0.926. The first kappa shape index (κ1) is 14.2. The van der Waals surface area contributed by atoms with Gasteiger partial charge in [-0.25, -0.2) is 0 Å². The number of nitrogens with two attached hydrogens (primary N) is 1. The van der Waals surface area contributed by atoms with Crippen molar-refractivity contribution in [2.24, 2.45) is 11.7 Å². The summed E-state index contributed by atoms with van der Waals surface area (Å²) in [5.41, 5.74) is 7.07. The number of hydrogen-bond donors (Lipinski definition) is 1. The Bertz CT molecular complexity index is 476. The van der Waals surface area contributed by atoms with E-state index in [1.54, 1.807) is 0 Å². The molecular weight excluding hydrogens is 272 g/mol. The smallest absolute Gasteiger partial charge is 0.138 e. The molecule has 1 saturated carbocycles. The lowest BCUT2D eigenvalue weighted by Crippen LogP contribution is -2.24. The third-order valence-corrected chi connectivity index (χ3v) is 4.95. The number of halogens is 1. The first-order valence-electron chi connectivity index (χ1n) is 7.53. The van der Waals surface area contributed by atoms with Crippen molar-refractivity contribution in [2.75, 3.05) is 20.1 Å². The lowest BCUT2D eigenvalue weighted by molar-refractivity contribution is 0.120. The molecule has 1 aliphatic carbocycles. The molecule has 3 rings (SSSR count). The molecule has 2 atom stereocenters. The van der Waals surface area contributed by atoms with Crippen LogP contribution in [-0.4, -0.2) is 31.1 Å². The fraction of sp³-hybridized carbons (Fsp3) is 0.625. The highest BCUT2D eigenvalue weighted by atomic mass is 35.5. The second-order valence-electron chi connectivity index (χ2n) is 6.15. The standard InChI is InChI=1S/C16H23ClN2O/c1-19-10-11(9-18)7-15(19)12-5-6-16(14(17)8-12)20-13-3-2-4-13/h5-6,8,11,13,15H,2-4,7,9-10,18H2,1H3. The van der Waals surface area contributed by atoms with E-state index < -0.39 is 0 Å². The van der Waals surface area contributed by atoms with Crippen molar-refractivity contribution >= 4 is 11.6 Å². The van der Waals surface area contributed by atoms with Crippen LogP contribution in [0.25, 0.3) is 0 Å². The van der Waals surface area contributed by atoms with Crippen LogP contribution in [0.4, 0.5) is 0 Å². The number of benzene rings is 1. The van der Waals surface area contributed by atoms with Gasteiger partial charge in [0.15, 0.2) is 0 Å². The predicted molar refractivity (Wildman–Crippen MR) is 82.3 cm³/mol. The van der Waals surface area contributed by atoms with Crippen molar-refractivity contribution in [1.29, 1.82) is 0 Å². The van der Waals surface area contributed by atoms with Gasteiger partial charge in [-0.05, 0) is 62.9 Å². The van der Waals surface area contributed by atoms with Crippen LogP contribution in [0.15, 0.2) is 18.2 Å². The van der Waals surface area contributed by atoms with E-state index in [-0.39, 0.29) is 0 Å². The zero-order chi connectivity index (χ0) is 14.1. The summed E-state index contributed by atoms with van der Waals surface area (Å²) >= 11 is 6.38. The van der Waals surface area contributed by atoms with Crippen molar-refractivity contribution in [1.82, 2.24) is 4.90 Å². The van der Waals surface area contributed by atoms with Crippen LogP contribution in [0.3, 0.4) is 0 Å². The lowest BCUT2D eigenvalue weighted by atomic mass is 9.96. The Kier molecular flexibility index (Phi) is 4.20. The van der Waals surface area contributed by atoms with Crippen LogP contribution in [0.1, 0.15) is 37.3 Å². The van der Waals surface area contributed by atoms with Crippen LogP contribution < -0.4 is 10.5 Å².